The maximum atomic E-state index is 10.1. The summed E-state index contributed by atoms with van der Waals surface area (Å²) in [4.78, 5) is 4.31. The molecule has 1 heterocycles. The average Bonchev–Trinajstić information content (AvgIpc) is 2.61. The number of phenols is 1. The Morgan fingerprint density at radius 3 is 2.42 bits per heavy atom. The Balaban J connectivity index is 2.19. The number of aromatic nitrogens is 1. The van der Waals surface area contributed by atoms with E-state index in [4.69, 9.17) is 5.73 Å². The third-order valence-corrected chi connectivity index (χ3v) is 4.14. The molecule has 0 saturated heterocycles. The first-order valence-electron chi connectivity index (χ1n) is 7.65. The zero-order valence-electron chi connectivity index (χ0n) is 13.3. The number of nitrogens with zero attached hydrogens (tertiary/aromatic N) is 2. The van der Waals surface area contributed by atoms with Gasteiger partial charge in [-0.05, 0) is 29.3 Å². The Morgan fingerprint density at radius 1 is 1.08 bits per heavy atom. The van der Waals surface area contributed by atoms with E-state index in [1.165, 1.54) is 0 Å². The van der Waals surface area contributed by atoms with Crippen LogP contribution in [0.25, 0.3) is 11.3 Å². The molecular weight excluding hydrogens is 298 g/mol. The summed E-state index contributed by atoms with van der Waals surface area (Å²) in [5.41, 5.74) is 9.44. The maximum absolute atomic E-state index is 10.1. The molecule has 2 aromatic carbocycles. The fourth-order valence-corrected chi connectivity index (χ4v) is 2.80. The van der Waals surface area contributed by atoms with E-state index >= 15 is 0 Å². The molecule has 0 radical (unpaired) electrons. The number of hydrogen-bond acceptors (Lipinski definition) is 4. The number of para-hydroxylation sites is 1. The van der Waals surface area contributed by atoms with Gasteiger partial charge >= 0.3 is 0 Å². The first kappa shape index (κ1) is 15.6. The average molecular weight is 315 g/mol. The van der Waals surface area contributed by atoms with Crippen LogP contribution >= 0.6 is 0 Å². The summed E-state index contributed by atoms with van der Waals surface area (Å²) in [6.45, 7) is 2.03. The van der Waals surface area contributed by atoms with E-state index in [0.717, 1.165) is 11.1 Å². The monoisotopic (exact) mass is 315 g/mol. The van der Waals surface area contributed by atoms with Crippen LogP contribution in [-0.4, -0.2) is 10.1 Å². The van der Waals surface area contributed by atoms with Crippen molar-refractivity contribution < 1.29 is 5.11 Å². The van der Waals surface area contributed by atoms with Crippen LogP contribution in [0.4, 0.5) is 5.82 Å². The summed E-state index contributed by atoms with van der Waals surface area (Å²) in [6.07, 6.45) is 0. The molecule has 3 N–H and O–H groups in total. The zero-order chi connectivity index (χ0) is 17.1. The number of benzene rings is 2. The van der Waals surface area contributed by atoms with E-state index in [-0.39, 0.29) is 17.5 Å². The number of nitrogen functional groups attached to an aromatic ring is 1. The van der Waals surface area contributed by atoms with E-state index < -0.39 is 0 Å². The number of nitriles is 1. The number of aromatic hydroxyl groups is 1. The van der Waals surface area contributed by atoms with Crippen molar-refractivity contribution >= 4 is 5.82 Å². The molecule has 4 nitrogen and oxygen atoms in total. The highest BCUT2D eigenvalue weighted by atomic mass is 16.3. The van der Waals surface area contributed by atoms with Gasteiger partial charge in [-0.15, -0.1) is 0 Å². The molecule has 118 valence electrons. The molecule has 1 atom stereocenters. The second kappa shape index (κ2) is 6.43. The Hall–Kier alpha value is -3.32. The molecule has 0 aliphatic heterocycles. The minimum Gasteiger partial charge on any atom is -0.507 e. The van der Waals surface area contributed by atoms with Crippen LogP contribution in [0.5, 0.6) is 5.75 Å². The maximum Gasteiger partial charge on any atom is 0.142 e. The number of nitrogens with two attached hydrogens (primary N) is 1. The number of hydrogen-bond donors (Lipinski definition) is 2. The fourth-order valence-electron chi connectivity index (χ4n) is 2.80. The normalized spacial score (nSPS) is 11.7. The first-order valence-corrected chi connectivity index (χ1v) is 7.65. The van der Waals surface area contributed by atoms with Crippen LogP contribution in [0.1, 0.15) is 29.5 Å². The molecule has 3 rings (SSSR count). The molecule has 0 aliphatic rings. The van der Waals surface area contributed by atoms with Crippen LogP contribution in [0.3, 0.4) is 0 Å². The second-order valence-corrected chi connectivity index (χ2v) is 5.62. The molecule has 0 saturated carbocycles. The van der Waals surface area contributed by atoms with Crippen molar-refractivity contribution in [3.05, 3.63) is 77.4 Å². The van der Waals surface area contributed by atoms with Crippen LogP contribution in [0.2, 0.25) is 0 Å². The topological polar surface area (TPSA) is 82.9 Å². The van der Waals surface area contributed by atoms with Gasteiger partial charge < -0.3 is 10.8 Å². The number of pyridine rings is 1. The molecule has 1 aromatic heterocycles. The zero-order valence-corrected chi connectivity index (χ0v) is 13.3. The Kier molecular flexibility index (Phi) is 4.17. The van der Waals surface area contributed by atoms with E-state index in [1.807, 2.05) is 49.4 Å². The summed E-state index contributed by atoms with van der Waals surface area (Å²) in [5, 5.41) is 19.6. The number of rotatable bonds is 3. The quantitative estimate of drug-likeness (QED) is 0.763. The Morgan fingerprint density at radius 2 is 1.75 bits per heavy atom. The minimum absolute atomic E-state index is 0.0178. The lowest BCUT2D eigenvalue weighted by molar-refractivity contribution is 0.477. The van der Waals surface area contributed by atoms with Gasteiger partial charge in [0, 0.05) is 11.5 Å². The lowest BCUT2D eigenvalue weighted by atomic mass is 9.89. The van der Waals surface area contributed by atoms with E-state index in [0.29, 0.717) is 16.8 Å². The van der Waals surface area contributed by atoms with Crippen LogP contribution < -0.4 is 5.73 Å². The van der Waals surface area contributed by atoms with Crippen molar-refractivity contribution in [2.75, 3.05) is 5.73 Å². The largest absolute Gasteiger partial charge is 0.507 e. The summed E-state index contributed by atoms with van der Waals surface area (Å²) >= 11 is 0. The predicted octanol–water partition coefficient (Wildman–Crippen LogP) is 4.06. The van der Waals surface area contributed by atoms with E-state index in [2.05, 4.69) is 11.1 Å². The molecule has 0 fully saturated rings. The van der Waals surface area contributed by atoms with Crippen molar-refractivity contribution in [3.63, 3.8) is 0 Å². The third kappa shape index (κ3) is 2.80. The highest BCUT2D eigenvalue weighted by Crippen LogP contribution is 2.34. The highest BCUT2D eigenvalue weighted by molar-refractivity contribution is 5.71. The number of anilines is 1. The summed E-state index contributed by atoms with van der Waals surface area (Å²) < 4.78 is 0. The summed E-state index contributed by atoms with van der Waals surface area (Å²) in [6, 6.07) is 20.9. The van der Waals surface area contributed by atoms with Crippen molar-refractivity contribution in [1.82, 2.24) is 4.98 Å². The molecule has 3 aromatic rings. The van der Waals surface area contributed by atoms with Gasteiger partial charge in [-0.3, -0.25) is 0 Å². The minimum atomic E-state index is -0.0178. The SMILES string of the molecule is CC(c1ccccc1)c1cc(-c2ccccc2O)nc(N)c1C#N. The smallest absolute Gasteiger partial charge is 0.142 e. The van der Waals surface area contributed by atoms with Gasteiger partial charge in [0.1, 0.15) is 17.6 Å². The lowest BCUT2D eigenvalue weighted by Crippen LogP contribution is -2.06. The third-order valence-electron chi connectivity index (χ3n) is 4.14. The molecule has 1 unspecified atom stereocenters. The molecule has 0 spiro atoms. The Labute approximate surface area is 140 Å². The predicted molar refractivity (Wildman–Crippen MR) is 94.4 cm³/mol. The molecule has 24 heavy (non-hydrogen) atoms. The van der Waals surface area contributed by atoms with Crippen molar-refractivity contribution in [3.8, 4) is 23.1 Å². The van der Waals surface area contributed by atoms with Gasteiger partial charge in [0.25, 0.3) is 0 Å². The van der Waals surface area contributed by atoms with Gasteiger partial charge in [-0.1, -0.05) is 49.4 Å². The van der Waals surface area contributed by atoms with Crippen LogP contribution in [0, 0.1) is 11.3 Å². The van der Waals surface area contributed by atoms with Gasteiger partial charge in [0.15, 0.2) is 0 Å². The lowest BCUT2D eigenvalue weighted by Gasteiger charge is -2.17. The van der Waals surface area contributed by atoms with Gasteiger partial charge in [0.2, 0.25) is 0 Å². The van der Waals surface area contributed by atoms with E-state index in [1.54, 1.807) is 18.2 Å². The van der Waals surface area contributed by atoms with Crippen molar-refractivity contribution in [1.29, 1.82) is 5.26 Å². The second-order valence-electron chi connectivity index (χ2n) is 5.62. The summed E-state index contributed by atoms with van der Waals surface area (Å²) in [5.74, 6) is 0.291. The van der Waals surface area contributed by atoms with Crippen LogP contribution in [0.15, 0.2) is 60.7 Å². The van der Waals surface area contributed by atoms with Gasteiger partial charge in [0.05, 0.1) is 11.3 Å². The molecule has 4 heteroatoms. The first-order chi connectivity index (χ1) is 11.6. The molecular formula is C20H17N3O. The highest BCUT2D eigenvalue weighted by Gasteiger charge is 2.19. The molecule has 0 bridgehead atoms. The molecule has 0 amide bonds. The van der Waals surface area contributed by atoms with E-state index in [9.17, 15) is 10.4 Å². The fraction of sp³-hybridized carbons (Fsp3) is 0.100. The van der Waals surface area contributed by atoms with Gasteiger partial charge in [-0.25, -0.2) is 4.98 Å². The van der Waals surface area contributed by atoms with Gasteiger partial charge in [-0.2, -0.15) is 5.26 Å². The molecule has 0 aliphatic carbocycles. The van der Waals surface area contributed by atoms with Crippen molar-refractivity contribution in [2.24, 2.45) is 0 Å². The standard InChI is InChI=1S/C20H17N3O/c1-13(14-7-3-2-4-8-14)16-11-18(23-20(22)17(16)12-21)15-9-5-6-10-19(15)24/h2-11,13,24H,1H3,(H2,22,23). The van der Waals surface area contributed by atoms with Crippen molar-refractivity contribution in [2.45, 2.75) is 12.8 Å². The van der Waals surface area contributed by atoms with Crippen LogP contribution in [-0.2, 0) is 0 Å². The Bertz CT molecular complexity index is 914. The summed E-state index contributed by atoms with van der Waals surface area (Å²) in [7, 11) is 0. The number of phenolic OH excluding ortho intramolecular Hbond substituents is 1.